The monoisotopic (exact) mass is 367 g/mol. The summed E-state index contributed by atoms with van der Waals surface area (Å²) >= 11 is 1.83. The van der Waals surface area contributed by atoms with Gasteiger partial charge in [0.15, 0.2) is 0 Å². The maximum absolute atomic E-state index is 6.31. The van der Waals surface area contributed by atoms with Gasteiger partial charge < -0.3 is 11.1 Å². The first-order valence-electron chi connectivity index (χ1n) is 8.70. The molecule has 0 atom stereocenters. The number of nitrogens with two attached hydrogens (primary N) is 1. The Bertz CT molecular complexity index is 711. The minimum atomic E-state index is 0. The lowest BCUT2D eigenvalue weighted by molar-refractivity contribution is 0.188. The number of thiophene rings is 1. The molecule has 2 aliphatic rings. The number of piperidine rings is 1. The molecule has 0 spiro atoms. The van der Waals surface area contributed by atoms with Crippen molar-refractivity contribution < 1.29 is 0 Å². The molecule has 2 aromatic heterocycles. The number of fused-ring (bicyclic) bond motifs is 3. The zero-order chi connectivity index (χ0) is 15.8. The Labute approximate surface area is 153 Å². The molecule has 3 heterocycles. The number of aryl methyl sites for hydroxylation is 2. The molecular weight excluding hydrogens is 342 g/mol. The van der Waals surface area contributed by atoms with Crippen LogP contribution in [0.15, 0.2) is 0 Å². The van der Waals surface area contributed by atoms with E-state index in [9.17, 15) is 0 Å². The van der Waals surface area contributed by atoms with Gasteiger partial charge in [0, 0.05) is 10.9 Å². The summed E-state index contributed by atoms with van der Waals surface area (Å²) in [5, 5.41) is 4.56. The molecule has 2 aromatic rings. The van der Waals surface area contributed by atoms with Gasteiger partial charge in [-0.1, -0.05) is 0 Å². The molecule has 0 bridgehead atoms. The van der Waals surface area contributed by atoms with Crippen molar-refractivity contribution in [3.8, 4) is 0 Å². The average Bonchev–Trinajstić information content (AvgIpc) is 2.94. The maximum atomic E-state index is 6.31. The third-order valence-electron chi connectivity index (χ3n) is 5.21. The van der Waals surface area contributed by atoms with E-state index in [4.69, 9.17) is 10.7 Å². The van der Waals surface area contributed by atoms with Crippen LogP contribution in [0, 0.1) is 0 Å². The highest BCUT2D eigenvalue weighted by molar-refractivity contribution is 7.19. The van der Waals surface area contributed by atoms with Gasteiger partial charge in [0.05, 0.1) is 11.9 Å². The van der Waals surface area contributed by atoms with E-state index in [-0.39, 0.29) is 12.4 Å². The van der Waals surface area contributed by atoms with Crippen LogP contribution in [0.1, 0.15) is 41.9 Å². The zero-order valence-corrected chi connectivity index (χ0v) is 15.8. The molecule has 132 valence electrons. The van der Waals surface area contributed by atoms with Gasteiger partial charge in [0.25, 0.3) is 0 Å². The molecule has 24 heavy (non-hydrogen) atoms. The standard InChI is InChI=1S/C17H25N5S.ClH/c1-22(11-6-8-19-9-7-11)10-14-20-16(18)15-12-4-2-3-5-13(12)23-17(15)21-14;/h11,19H,2-10H2,1H3,(H2,18,20,21);1H. The first-order chi connectivity index (χ1) is 11.2. The van der Waals surface area contributed by atoms with E-state index < -0.39 is 0 Å². The van der Waals surface area contributed by atoms with Crippen LogP contribution in [-0.2, 0) is 19.4 Å². The van der Waals surface area contributed by atoms with Crippen LogP contribution in [0.2, 0.25) is 0 Å². The third kappa shape index (κ3) is 3.38. The summed E-state index contributed by atoms with van der Waals surface area (Å²) in [6.07, 6.45) is 7.26. The molecule has 0 unspecified atom stereocenters. The molecule has 1 fully saturated rings. The smallest absolute Gasteiger partial charge is 0.146 e. The Hall–Kier alpha value is -0.950. The predicted molar refractivity (Wildman–Crippen MR) is 103 cm³/mol. The number of nitrogens with one attached hydrogen (secondary N) is 1. The summed E-state index contributed by atoms with van der Waals surface area (Å²) in [6.45, 7) is 3.00. The van der Waals surface area contributed by atoms with E-state index in [1.807, 2.05) is 11.3 Å². The fourth-order valence-corrected chi connectivity index (χ4v) is 5.19. The molecule has 1 aliphatic heterocycles. The van der Waals surface area contributed by atoms with Crippen molar-refractivity contribution in [2.24, 2.45) is 0 Å². The molecule has 1 aliphatic carbocycles. The average molecular weight is 368 g/mol. The summed E-state index contributed by atoms with van der Waals surface area (Å²) in [7, 11) is 2.18. The van der Waals surface area contributed by atoms with E-state index in [1.54, 1.807) is 0 Å². The van der Waals surface area contributed by atoms with E-state index >= 15 is 0 Å². The van der Waals surface area contributed by atoms with Crippen molar-refractivity contribution in [1.29, 1.82) is 0 Å². The fraction of sp³-hybridized carbons (Fsp3) is 0.647. The van der Waals surface area contributed by atoms with Crippen molar-refractivity contribution in [3.63, 3.8) is 0 Å². The second-order valence-corrected chi connectivity index (χ2v) is 7.90. The van der Waals surface area contributed by atoms with Gasteiger partial charge in [-0.2, -0.15) is 0 Å². The quantitative estimate of drug-likeness (QED) is 0.873. The van der Waals surface area contributed by atoms with Gasteiger partial charge in [0.1, 0.15) is 16.5 Å². The van der Waals surface area contributed by atoms with Crippen molar-refractivity contribution in [3.05, 3.63) is 16.3 Å². The van der Waals surface area contributed by atoms with E-state index in [0.717, 1.165) is 42.1 Å². The van der Waals surface area contributed by atoms with E-state index in [2.05, 4.69) is 22.2 Å². The lowest BCUT2D eigenvalue weighted by Crippen LogP contribution is -2.41. The summed E-state index contributed by atoms with van der Waals surface area (Å²) in [4.78, 5) is 14.4. The van der Waals surface area contributed by atoms with Gasteiger partial charge >= 0.3 is 0 Å². The highest BCUT2D eigenvalue weighted by atomic mass is 35.5. The molecular formula is C17H26ClN5S. The predicted octanol–water partition coefficient (Wildman–Crippen LogP) is 2.76. The molecule has 0 amide bonds. The van der Waals surface area contributed by atoms with Crippen LogP contribution in [0.5, 0.6) is 0 Å². The summed E-state index contributed by atoms with van der Waals surface area (Å²) in [6, 6.07) is 0.619. The van der Waals surface area contributed by atoms with Gasteiger partial charge in [0.2, 0.25) is 0 Å². The zero-order valence-electron chi connectivity index (χ0n) is 14.2. The first kappa shape index (κ1) is 17.9. The van der Waals surface area contributed by atoms with E-state index in [1.165, 1.54) is 42.5 Å². The number of aromatic nitrogens is 2. The Morgan fingerprint density at radius 3 is 2.75 bits per heavy atom. The molecule has 0 radical (unpaired) electrons. The summed E-state index contributed by atoms with van der Waals surface area (Å²) in [5.41, 5.74) is 7.73. The lowest BCUT2D eigenvalue weighted by atomic mass is 9.97. The van der Waals surface area contributed by atoms with E-state index in [0.29, 0.717) is 11.9 Å². The SMILES string of the molecule is CN(Cc1nc(N)c2c3c(sc2n1)CCCC3)C1CCNCC1.Cl. The molecule has 0 aromatic carbocycles. The van der Waals surface area contributed by atoms with Crippen molar-refractivity contribution in [2.45, 2.75) is 51.1 Å². The highest BCUT2D eigenvalue weighted by Gasteiger charge is 2.22. The first-order valence-corrected chi connectivity index (χ1v) is 9.51. The Morgan fingerprint density at radius 2 is 1.96 bits per heavy atom. The number of rotatable bonds is 3. The molecule has 3 N–H and O–H groups in total. The highest BCUT2D eigenvalue weighted by Crippen LogP contribution is 2.37. The Kier molecular flexibility index (Phi) is 5.59. The van der Waals surface area contributed by atoms with Crippen LogP contribution in [-0.4, -0.2) is 41.0 Å². The minimum absolute atomic E-state index is 0. The van der Waals surface area contributed by atoms with Crippen LogP contribution < -0.4 is 11.1 Å². The number of nitrogen functional groups attached to an aromatic ring is 1. The third-order valence-corrected chi connectivity index (χ3v) is 6.40. The van der Waals surface area contributed by atoms with Gasteiger partial charge in [-0.05, 0) is 64.2 Å². The second-order valence-electron chi connectivity index (χ2n) is 6.81. The molecule has 4 rings (SSSR count). The van der Waals surface area contributed by atoms with Crippen molar-refractivity contribution >= 4 is 39.8 Å². The topological polar surface area (TPSA) is 67.1 Å². The van der Waals surface area contributed by atoms with Crippen molar-refractivity contribution in [2.75, 3.05) is 25.9 Å². The summed E-state index contributed by atoms with van der Waals surface area (Å²) < 4.78 is 0. The number of halogens is 1. The van der Waals surface area contributed by atoms with Crippen molar-refractivity contribution in [1.82, 2.24) is 20.2 Å². The number of hydrogen-bond donors (Lipinski definition) is 2. The van der Waals surface area contributed by atoms with Gasteiger partial charge in [-0.15, -0.1) is 23.7 Å². The normalized spacial score (nSPS) is 18.6. The molecule has 5 nitrogen and oxygen atoms in total. The maximum Gasteiger partial charge on any atom is 0.146 e. The van der Waals surface area contributed by atoms with Crippen LogP contribution >= 0.6 is 23.7 Å². The second kappa shape index (κ2) is 7.52. The van der Waals surface area contributed by atoms with Gasteiger partial charge in [-0.25, -0.2) is 9.97 Å². The number of anilines is 1. The minimum Gasteiger partial charge on any atom is -0.383 e. The largest absolute Gasteiger partial charge is 0.383 e. The van der Waals surface area contributed by atoms with Gasteiger partial charge in [-0.3, -0.25) is 4.90 Å². The Morgan fingerprint density at radius 1 is 1.21 bits per heavy atom. The van der Waals surface area contributed by atoms with Crippen LogP contribution in [0.3, 0.4) is 0 Å². The molecule has 0 saturated carbocycles. The molecule has 1 saturated heterocycles. The van der Waals surface area contributed by atoms with Crippen LogP contribution in [0.4, 0.5) is 5.82 Å². The Balaban J connectivity index is 0.00000169. The lowest BCUT2D eigenvalue weighted by Gasteiger charge is -2.31. The fourth-order valence-electron chi connectivity index (χ4n) is 3.90. The number of hydrogen-bond acceptors (Lipinski definition) is 6. The molecule has 7 heteroatoms. The number of nitrogens with zero attached hydrogens (tertiary/aromatic N) is 3. The van der Waals surface area contributed by atoms with Crippen LogP contribution in [0.25, 0.3) is 10.2 Å². The summed E-state index contributed by atoms with van der Waals surface area (Å²) in [5.74, 6) is 1.55.